The second-order valence-corrected chi connectivity index (χ2v) is 10.1. The Labute approximate surface area is 209 Å². The molecule has 0 N–H and O–H groups in total. The third-order valence-corrected chi connectivity index (χ3v) is 7.19. The van der Waals surface area contributed by atoms with Crippen LogP contribution in [0.5, 0.6) is 0 Å². The number of halogens is 2. The van der Waals surface area contributed by atoms with E-state index in [-0.39, 0.29) is 6.42 Å². The van der Waals surface area contributed by atoms with Crippen LogP contribution in [0.2, 0.25) is 10.0 Å². The van der Waals surface area contributed by atoms with Crippen LogP contribution in [0.3, 0.4) is 0 Å². The predicted molar refractivity (Wildman–Crippen MR) is 135 cm³/mol. The highest BCUT2D eigenvalue weighted by Gasteiger charge is 2.31. The van der Waals surface area contributed by atoms with Gasteiger partial charge in [0.05, 0.1) is 37.6 Å². The molecular formula is C24H25Cl2N3O4S. The Balaban J connectivity index is 1.71. The van der Waals surface area contributed by atoms with Crippen molar-refractivity contribution in [1.29, 1.82) is 0 Å². The average Bonchev–Trinajstić information content (AvgIpc) is 3.28. The normalized spacial score (nSPS) is 15.3. The van der Waals surface area contributed by atoms with Gasteiger partial charge in [0.2, 0.25) is 5.58 Å². The van der Waals surface area contributed by atoms with Gasteiger partial charge in [0.1, 0.15) is 12.4 Å². The second-order valence-electron chi connectivity index (χ2n) is 7.80. The SMILES string of the molecule is CCN1/C(=C/C=C/c2oc3ccccc3[n+]2CC)N(CCCS(=O)(=O)[O-])c2cc(Cl)c(Cl)cc21. The fourth-order valence-electron chi connectivity index (χ4n) is 4.22. The monoisotopic (exact) mass is 521 g/mol. The number of para-hydroxylation sites is 2. The first-order valence-electron chi connectivity index (χ1n) is 11.0. The lowest BCUT2D eigenvalue weighted by Crippen LogP contribution is -2.33. The van der Waals surface area contributed by atoms with E-state index in [9.17, 15) is 13.0 Å². The molecule has 1 aromatic heterocycles. The molecule has 0 aliphatic carbocycles. The summed E-state index contributed by atoms with van der Waals surface area (Å²) in [5, 5.41) is 0.838. The van der Waals surface area contributed by atoms with Crippen LogP contribution in [0.1, 0.15) is 26.2 Å². The summed E-state index contributed by atoms with van der Waals surface area (Å²) in [6, 6.07) is 11.4. The molecule has 0 bridgehead atoms. The third-order valence-electron chi connectivity index (χ3n) is 5.68. The summed E-state index contributed by atoms with van der Waals surface area (Å²) in [4.78, 5) is 4.03. The maximum Gasteiger partial charge on any atom is 0.374 e. The van der Waals surface area contributed by atoms with Gasteiger partial charge in [-0.15, -0.1) is 0 Å². The molecule has 0 unspecified atom stereocenters. The molecule has 2 aromatic carbocycles. The van der Waals surface area contributed by atoms with Crippen LogP contribution in [0.25, 0.3) is 17.2 Å². The lowest BCUT2D eigenvalue weighted by atomic mass is 10.2. The van der Waals surface area contributed by atoms with Crippen molar-refractivity contribution < 1.29 is 22.0 Å². The maximum absolute atomic E-state index is 11.2. The standard InChI is InChI=1S/C24H25Cl2N3O4S/c1-3-27-20-15-17(25)18(26)16-21(20)29(13-8-14-34(30,31)32)23(27)11-7-12-24-28(4-2)19-9-5-6-10-22(19)33-24/h5-7,9-12,15-16H,3-4,8,13-14H2,1-2H3. The summed E-state index contributed by atoms with van der Waals surface area (Å²) < 4.78 is 41.6. The number of anilines is 2. The van der Waals surface area contributed by atoms with Crippen LogP contribution in [-0.4, -0.2) is 31.8 Å². The van der Waals surface area contributed by atoms with Crippen molar-refractivity contribution in [2.24, 2.45) is 0 Å². The number of hydrogen-bond acceptors (Lipinski definition) is 6. The molecule has 1 aliphatic heterocycles. The largest absolute Gasteiger partial charge is 0.748 e. The number of benzene rings is 2. The van der Waals surface area contributed by atoms with E-state index in [0.29, 0.717) is 29.0 Å². The summed E-state index contributed by atoms with van der Waals surface area (Å²) in [5.41, 5.74) is 3.51. The third kappa shape index (κ3) is 4.95. The van der Waals surface area contributed by atoms with Gasteiger partial charge in [-0.05, 0) is 50.6 Å². The van der Waals surface area contributed by atoms with Crippen molar-refractivity contribution in [3.05, 3.63) is 70.3 Å². The minimum absolute atomic E-state index is 0.184. The summed E-state index contributed by atoms with van der Waals surface area (Å²) in [6.07, 6.45) is 5.91. The fraction of sp³-hybridized carbons (Fsp3) is 0.292. The highest BCUT2D eigenvalue weighted by atomic mass is 35.5. The molecule has 0 fully saturated rings. The fourth-order valence-corrected chi connectivity index (χ4v) is 5.02. The Morgan fingerprint density at radius 2 is 1.76 bits per heavy atom. The minimum atomic E-state index is -4.30. The highest BCUT2D eigenvalue weighted by Crippen LogP contribution is 2.45. The van der Waals surface area contributed by atoms with Gasteiger partial charge in [-0.1, -0.05) is 35.3 Å². The van der Waals surface area contributed by atoms with Gasteiger partial charge in [-0.2, -0.15) is 4.57 Å². The van der Waals surface area contributed by atoms with Gasteiger partial charge in [0, 0.05) is 24.9 Å². The number of allylic oxidation sites excluding steroid dienone is 2. The number of aromatic nitrogens is 1. The molecule has 3 aromatic rings. The van der Waals surface area contributed by atoms with E-state index in [4.69, 9.17) is 27.6 Å². The van der Waals surface area contributed by atoms with Crippen molar-refractivity contribution in [3.8, 4) is 0 Å². The van der Waals surface area contributed by atoms with E-state index in [1.165, 1.54) is 0 Å². The molecule has 0 spiro atoms. The Morgan fingerprint density at radius 3 is 2.41 bits per heavy atom. The Bertz CT molecular complexity index is 1380. The molecule has 0 saturated carbocycles. The smallest absolute Gasteiger partial charge is 0.374 e. The molecule has 4 rings (SSSR count). The van der Waals surface area contributed by atoms with E-state index < -0.39 is 15.9 Å². The van der Waals surface area contributed by atoms with E-state index in [0.717, 1.165) is 34.8 Å². The Hall–Kier alpha value is -2.52. The second kappa shape index (κ2) is 10.00. The van der Waals surface area contributed by atoms with Gasteiger partial charge in [-0.25, -0.2) is 8.42 Å². The van der Waals surface area contributed by atoms with Crippen LogP contribution >= 0.6 is 23.2 Å². The first kappa shape index (κ1) is 24.6. The van der Waals surface area contributed by atoms with Crippen molar-refractivity contribution in [2.75, 3.05) is 28.6 Å². The van der Waals surface area contributed by atoms with Crippen molar-refractivity contribution in [1.82, 2.24) is 0 Å². The number of hydrogen-bond donors (Lipinski definition) is 0. The van der Waals surface area contributed by atoms with Crippen molar-refractivity contribution >= 4 is 61.9 Å². The van der Waals surface area contributed by atoms with Crippen LogP contribution in [0.15, 0.2) is 58.8 Å². The van der Waals surface area contributed by atoms with Gasteiger partial charge in [0.25, 0.3) is 5.52 Å². The van der Waals surface area contributed by atoms with E-state index in [2.05, 4.69) is 16.4 Å². The first-order chi connectivity index (χ1) is 16.2. The molecule has 0 saturated heterocycles. The molecular weight excluding hydrogens is 497 g/mol. The number of fused-ring (bicyclic) bond motifs is 2. The molecule has 0 atom stereocenters. The van der Waals surface area contributed by atoms with Crippen LogP contribution in [0.4, 0.5) is 11.4 Å². The van der Waals surface area contributed by atoms with Crippen LogP contribution < -0.4 is 14.4 Å². The molecule has 1 aliphatic rings. The number of oxazole rings is 1. The maximum atomic E-state index is 11.2. The molecule has 2 heterocycles. The van der Waals surface area contributed by atoms with Crippen LogP contribution in [0, 0.1) is 0 Å². The topological polar surface area (TPSA) is 80.7 Å². The molecule has 10 heteroatoms. The zero-order chi connectivity index (χ0) is 24.5. The zero-order valence-corrected chi connectivity index (χ0v) is 21.2. The lowest BCUT2D eigenvalue weighted by Gasteiger charge is -2.24. The number of aryl methyl sites for hydroxylation is 1. The van der Waals surface area contributed by atoms with E-state index >= 15 is 0 Å². The molecule has 7 nitrogen and oxygen atoms in total. The zero-order valence-electron chi connectivity index (χ0n) is 18.9. The Kier molecular flexibility index (Phi) is 7.23. The first-order valence-corrected chi connectivity index (χ1v) is 13.3. The van der Waals surface area contributed by atoms with Crippen molar-refractivity contribution in [2.45, 2.75) is 26.8 Å². The molecule has 180 valence electrons. The summed E-state index contributed by atoms with van der Waals surface area (Å²) in [5.74, 6) is 1.11. The molecule has 34 heavy (non-hydrogen) atoms. The lowest BCUT2D eigenvalue weighted by molar-refractivity contribution is -0.674. The van der Waals surface area contributed by atoms with Gasteiger partial charge in [-0.3, -0.25) is 0 Å². The Morgan fingerprint density at radius 1 is 1.09 bits per heavy atom. The summed E-state index contributed by atoms with van der Waals surface area (Å²) in [6.45, 7) is 5.82. The summed E-state index contributed by atoms with van der Waals surface area (Å²) >= 11 is 12.6. The molecule has 0 amide bonds. The van der Waals surface area contributed by atoms with Crippen molar-refractivity contribution in [3.63, 3.8) is 0 Å². The van der Waals surface area contributed by atoms with E-state index in [1.54, 1.807) is 12.1 Å². The quantitative estimate of drug-likeness (QED) is 0.300. The number of rotatable bonds is 8. The van der Waals surface area contributed by atoms with E-state index in [1.807, 2.05) is 54.3 Å². The van der Waals surface area contributed by atoms with Gasteiger partial charge >= 0.3 is 5.89 Å². The van der Waals surface area contributed by atoms with Gasteiger partial charge < -0.3 is 18.8 Å². The summed E-state index contributed by atoms with van der Waals surface area (Å²) in [7, 11) is -4.30. The predicted octanol–water partition coefficient (Wildman–Crippen LogP) is 5.18. The average molecular weight is 522 g/mol. The minimum Gasteiger partial charge on any atom is -0.748 e. The molecule has 0 radical (unpaired) electrons. The van der Waals surface area contributed by atoms with Gasteiger partial charge in [0.15, 0.2) is 0 Å². The number of nitrogens with zero attached hydrogens (tertiary/aromatic N) is 3. The highest BCUT2D eigenvalue weighted by molar-refractivity contribution is 7.85. The van der Waals surface area contributed by atoms with Crippen LogP contribution in [-0.2, 0) is 16.7 Å².